The summed E-state index contributed by atoms with van der Waals surface area (Å²) in [6.07, 6.45) is 1.85. The maximum Gasteiger partial charge on any atom is 0.323 e. The molecule has 1 aliphatic heterocycles. The first-order chi connectivity index (χ1) is 16.8. The fraction of sp³-hybridized carbons (Fsp3) is 0.296. The molecule has 1 N–H and O–H groups in total. The minimum atomic E-state index is -3.74. The molecule has 2 heterocycles. The molecule has 0 spiro atoms. The van der Waals surface area contributed by atoms with Gasteiger partial charge in [-0.3, -0.25) is 9.69 Å². The zero-order valence-corrected chi connectivity index (χ0v) is 20.6. The minimum Gasteiger partial charge on any atom is -0.480 e. The van der Waals surface area contributed by atoms with Crippen molar-refractivity contribution in [2.45, 2.75) is 30.2 Å². The van der Waals surface area contributed by atoms with E-state index in [-0.39, 0.29) is 11.4 Å². The zero-order chi connectivity index (χ0) is 25.0. The molecule has 1 fully saturated rings. The fourth-order valence-corrected chi connectivity index (χ4v) is 6.52. The van der Waals surface area contributed by atoms with Gasteiger partial charge in [0.25, 0.3) is 0 Å². The summed E-state index contributed by atoms with van der Waals surface area (Å²) in [6.45, 7) is 7.53. The van der Waals surface area contributed by atoms with Gasteiger partial charge in [0, 0.05) is 30.9 Å². The molecule has 1 aromatic heterocycles. The SMILES string of the molecule is C=CC(N1CCOCC1)S(=O)(=O)c1ccccc1Cc1cc(-c2ccccc2)n(CC(=O)O)c1C. The first-order valence-electron chi connectivity index (χ1n) is 11.5. The molecule has 3 aromatic rings. The number of sulfone groups is 1. The number of aromatic nitrogens is 1. The largest absolute Gasteiger partial charge is 0.480 e. The number of hydrogen-bond donors (Lipinski definition) is 1. The fourth-order valence-electron chi connectivity index (χ4n) is 4.63. The van der Waals surface area contributed by atoms with Crippen molar-refractivity contribution >= 4 is 15.8 Å². The van der Waals surface area contributed by atoms with Crippen LogP contribution >= 0.6 is 0 Å². The molecule has 2 aromatic carbocycles. The van der Waals surface area contributed by atoms with E-state index < -0.39 is 21.2 Å². The van der Waals surface area contributed by atoms with E-state index in [0.29, 0.717) is 38.3 Å². The van der Waals surface area contributed by atoms with E-state index >= 15 is 0 Å². The smallest absolute Gasteiger partial charge is 0.323 e. The lowest BCUT2D eigenvalue weighted by atomic mass is 10.0. The van der Waals surface area contributed by atoms with Crippen LogP contribution in [0, 0.1) is 6.92 Å². The van der Waals surface area contributed by atoms with Gasteiger partial charge in [-0.25, -0.2) is 8.42 Å². The minimum absolute atomic E-state index is 0.175. The Morgan fingerprint density at radius 3 is 2.40 bits per heavy atom. The Kier molecular flexibility index (Phi) is 7.54. The molecule has 0 bridgehead atoms. The van der Waals surface area contributed by atoms with E-state index in [9.17, 15) is 18.3 Å². The first kappa shape index (κ1) is 24.9. The van der Waals surface area contributed by atoms with Crippen LogP contribution in [0.4, 0.5) is 0 Å². The number of rotatable bonds is 9. The van der Waals surface area contributed by atoms with Crippen LogP contribution in [-0.2, 0) is 32.3 Å². The molecule has 1 aliphatic rings. The second-order valence-electron chi connectivity index (χ2n) is 8.59. The molecular formula is C27H30N2O5S. The monoisotopic (exact) mass is 494 g/mol. The van der Waals surface area contributed by atoms with Crippen LogP contribution in [0.15, 0.2) is 78.2 Å². The average Bonchev–Trinajstić information content (AvgIpc) is 3.15. The third-order valence-electron chi connectivity index (χ3n) is 6.42. The summed E-state index contributed by atoms with van der Waals surface area (Å²) in [4.78, 5) is 13.7. The highest BCUT2D eigenvalue weighted by atomic mass is 32.2. The molecule has 7 nitrogen and oxygen atoms in total. The van der Waals surface area contributed by atoms with Crippen molar-refractivity contribution in [3.8, 4) is 11.3 Å². The summed E-state index contributed by atoms with van der Waals surface area (Å²) in [5.41, 5.74) is 4.05. The normalized spacial score (nSPS) is 15.6. The third-order valence-corrected chi connectivity index (χ3v) is 8.56. The quantitative estimate of drug-likeness (QED) is 0.456. The molecule has 4 rings (SSSR count). The first-order valence-corrected chi connectivity index (χ1v) is 13.1. The maximum atomic E-state index is 13.8. The molecule has 0 aliphatic carbocycles. The second kappa shape index (κ2) is 10.6. The van der Waals surface area contributed by atoms with Gasteiger partial charge in [0.1, 0.15) is 11.9 Å². The van der Waals surface area contributed by atoms with E-state index in [1.165, 1.54) is 6.08 Å². The van der Waals surface area contributed by atoms with E-state index in [0.717, 1.165) is 22.5 Å². The Morgan fingerprint density at radius 2 is 1.74 bits per heavy atom. The topological polar surface area (TPSA) is 88.8 Å². The summed E-state index contributed by atoms with van der Waals surface area (Å²) in [5, 5.41) is 8.66. The van der Waals surface area contributed by atoms with Crippen LogP contribution in [0.5, 0.6) is 0 Å². The van der Waals surface area contributed by atoms with Gasteiger partial charge in [-0.1, -0.05) is 54.6 Å². The van der Waals surface area contributed by atoms with Crippen molar-refractivity contribution in [1.82, 2.24) is 9.47 Å². The Hall–Kier alpha value is -3.20. The summed E-state index contributed by atoms with van der Waals surface area (Å²) in [6, 6.07) is 18.6. The van der Waals surface area contributed by atoms with Crippen LogP contribution < -0.4 is 0 Å². The number of carbonyl (C=O) groups is 1. The third kappa shape index (κ3) is 5.24. The van der Waals surface area contributed by atoms with Gasteiger partial charge in [-0.2, -0.15) is 0 Å². The van der Waals surface area contributed by atoms with Gasteiger partial charge in [0.15, 0.2) is 9.84 Å². The van der Waals surface area contributed by atoms with E-state index in [1.54, 1.807) is 16.7 Å². The number of aliphatic carboxylic acids is 1. The van der Waals surface area contributed by atoms with Gasteiger partial charge in [-0.05, 0) is 35.7 Å². The molecule has 1 atom stereocenters. The summed E-state index contributed by atoms with van der Waals surface area (Å²) in [7, 11) is -3.74. The van der Waals surface area contributed by atoms with Crippen LogP contribution in [0.25, 0.3) is 11.3 Å². The van der Waals surface area contributed by atoms with Crippen molar-refractivity contribution < 1.29 is 23.1 Å². The lowest BCUT2D eigenvalue weighted by Crippen LogP contribution is -2.46. The van der Waals surface area contributed by atoms with E-state index in [2.05, 4.69) is 6.58 Å². The Bertz CT molecular complexity index is 1310. The van der Waals surface area contributed by atoms with Crippen LogP contribution in [0.2, 0.25) is 0 Å². The molecule has 35 heavy (non-hydrogen) atoms. The van der Waals surface area contributed by atoms with E-state index in [4.69, 9.17) is 4.74 Å². The number of carboxylic acid groups (broad SMARTS) is 1. The Balaban J connectivity index is 1.74. The molecule has 0 saturated carbocycles. The predicted octanol–water partition coefficient (Wildman–Crippen LogP) is 3.76. The number of nitrogens with zero attached hydrogens (tertiary/aromatic N) is 2. The number of hydrogen-bond acceptors (Lipinski definition) is 5. The number of benzene rings is 2. The second-order valence-corrected chi connectivity index (χ2v) is 10.6. The van der Waals surface area contributed by atoms with E-state index in [1.807, 2.05) is 60.4 Å². The number of carboxylic acids is 1. The van der Waals surface area contributed by atoms with Gasteiger partial charge >= 0.3 is 5.97 Å². The van der Waals surface area contributed by atoms with Crippen molar-refractivity contribution in [3.05, 3.63) is 90.1 Å². The van der Waals surface area contributed by atoms with Crippen molar-refractivity contribution in [3.63, 3.8) is 0 Å². The highest BCUT2D eigenvalue weighted by Crippen LogP contribution is 2.30. The number of ether oxygens (including phenoxy) is 1. The number of morpholine rings is 1. The molecule has 1 unspecified atom stereocenters. The van der Waals surface area contributed by atoms with Crippen molar-refractivity contribution in [1.29, 1.82) is 0 Å². The average molecular weight is 495 g/mol. The van der Waals surface area contributed by atoms with Crippen LogP contribution in [0.3, 0.4) is 0 Å². The lowest BCUT2D eigenvalue weighted by molar-refractivity contribution is -0.137. The van der Waals surface area contributed by atoms with Crippen molar-refractivity contribution in [2.24, 2.45) is 0 Å². The molecule has 8 heteroatoms. The zero-order valence-electron chi connectivity index (χ0n) is 19.8. The van der Waals surface area contributed by atoms with Gasteiger partial charge in [-0.15, -0.1) is 6.58 Å². The van der Waals surface area contributed by atoms with Gasteiger partial charge in [0.05, 0.1) is 18.1 Å². The van der Waals surface area contributed by atoms with Gasteiger partial charge in [0.2, 0.25) is 0 Å². The molecule has 0 radical (unpaired) electrons. The van der Waals surface area contributed by atoms with Gasteiger partial charge < -0.3 is 14.4 Å². The lowest BCUT2D eigenvalue weighted by Gasteiger charge is -2.32. The maximum absolute atomic E-state index is 13.8. The molecule has 0 amide bonds. The summed E-state index contributed by atoms with van der Waals surface area (Å²) in [5.74, 6) is -0.935. The van der Waals surface area contributed by atoms with Crippen molar-refractivity contribution in [2.75, 3.05) is 26.3 Å². The summed E-state index contributed by atoms with van der Waals surface area (Å²) < 4.78 is 34.7. The molecule has 184 valence electrons. The highest BCUT2D eigenvalue weighted by molar-refractivity contribution is 7.92. The standard InChI is InChI=1S/C27H30N2O5S/c1-3-26(28-13-15-34-16-14-28)35(32,33)25-12-8-7-11-22(25)17-23-18-24(21-9-5-4-6-10-21)29(20(23)2)19-27(30)31/h3-12,18,26H,1,13-17,19H2,2H3,(H,30,31). The highest BCUT2D eigenvalue weighted by Gasteiger charge is 2.33. The molecule has 1 saturated heterocycles. The Labute approximate surface area is 206 Å². The van der Waals surface area contributed by atoms with Crippen LogP contribution in [-0.4, -0.2) is 60.6 Å². The summed E-state index contributed by atoms with van der Waals surface area (Å²) >= 11 is 0. The molecular weight excluding hydrogens is 464 g/mol. The predicted molar refractivity (Wildman–Crippen MR) is 135 cm³/mol. The Morgan fingerprint density at radius 1 is 1.09 bits per heavy atom. The van der Waals surface area contributed by atoms with Crippen LogP contribution in [0.1, 0.15) is 16.8 Å².